The average molecular weight is 458 g/mol. The number of aryl methyl sites for hydroxylation is 2. The minimum absolute atomic E-state index is 0. The lowest BCUT2D eigenvalue weighted by molar-refractivity contribution is 0.576. The molecular formula is C18H27IN4S. The topological polar surface area (TPSA) is 63.3 Å². The summed E-state index contributed by atoms with van der Waals surface area (Å²) in [6.07, 6.45) is 3.09. The van der Waals surface area contributed by atoms with Crippen LogP contribution in [0.25, 0.3) is 0 Å². The predicted molar refractivity (Wildman–Crippen MR) is 114 cm³/mol. The van der Waals surface area contributed by atoms with E-state index in [4.69, 9.17) is 5.73 Å². The van der Waals surface area contributed by atoms with E-state index in [2.05, 4.69) is 58.8 Å². The molecule has 3 N–H and O–H groups in total. The second-order valence-corrected chi connectivity index (χ2v) is 6.97. The number of halogens is 1. The van der Waals surface area contributed by atoms with Gasteiger partial charge in [0.25, 0.3) is 0 Å². The molecule has 0 saturated carbocycles. The monoisotopic (exact) mass is 458 g/mol. The summed E-state index contributed by atoms with van der Waals surface area (Å²) in [5.41, 5.74) is 8.20. The highest BCUT2D eigenvalue weighted by molar-refractivity contribution is 14.0. The third-order valence-electron chi connectivity index (χ3n) is 3.51. The maximum atomic E-state index is 5.86. The van der Waals surface area contributed by atoms with Crippen molar-refractivity contribution in [1.82, 2.24) is 10.3 Å². The van der Waals surface area contributed by atoms with Gasteiger partial charge in [-0.15, -0.1) is 35.3 Å². The molecule has 0 aliphatic carbocycles. The van der Waals surface area contributed by atoms with Gasteiger partial charge in [-0.05, 0) is 24.3 Å². The summed E-state index contributed by atoms with van der Waals surface area (Å²) in [4.78, 5) is 8.98. The van der Waals surface area contributed by atoms with Crippen LogP contribution in [0, 0.1) is 5.92 Å². The highest BCUT2D eigenvalue weighted by Crippen LogP contribution is 2.13. The zero-order chi connectivity index (χ0) is 16.5. The van der Waals surface area contributed by atoms with E-state index in [1.807, 2.05) is 6.07 Å². The zero-order valence-corrected chi connectivity index (χ0v) is 17.5. The van der Waals surface area contributed by atoms with Crippen molar-refractivity contribution in [3.8, 4) is 0 Å². The molecule has 0 spiro atoms. The van der Waals surface area contributed by atoms with E-state index in [0.717, 1.165) is 36.5 Å². The molecule has 0 amide bonds. The van der Waals surface area contributed by atoms with Crippen LogP contribution >= 0.6 is 35.3 Å². The van der Waals surface area contributed by atoms with Crippen molar-refractivity contribution in [1.29, 1.82) is 0 Å². The van der Waals surface area contributed by atoms with Crippen molar-refractivity contribution in [3.63, 3.8) is 0 Å². The van der Waals surface area contributed by atoms with Gasteiger partial charge in [-0.25, -0.2) is 9.98 Å². The summed E-state index contributed by atoms with van der Waals surface area (Å²) in [6, 6.07) is 10.5. The lowest BCUT2D eigenvalue weighted by atomic mass is 10.1. The Hall–Kier alpha value is -1.15. The van der Waals surface area contributed by atoms with Gasteiger partial charge >= 0.3 is 0 Å². The van der Waals surface area contributed by atoms with Gasteiger partial charge in [-0.2, -0.15) is 0 Å². The zero-order valence-electron chi connectivity index (χ0n) is 14.4. The van der Waals surface area contributed by atoms with Crippen molar-refractivity contribution < 1.29 is 0 Å². The molecule has 0 bridgehead atoms. The van der Waals surface area contributed by atoms with Gasteiger partial charge in [0.2, 0.25) is 0 Å². The first-order chi connectivity index (χ1) is 11.1. The second-order valence-electron chi connectivity index (χ2n) is 6.03. The Labute approximate surface area is 166 Å². The number of hydrogen-bond donors (Lipinski definition) is 2. The number of nitrogens with one attached hydrogen (secondary N) is 1. The minimum Gasteiger partial charge on any atom is -0.370 e. The Kier molecular flexibility index (Phi) is 9.94. The van der Waals surface area contributed by atoms with E-state index in [-0.39, 0.29) is 24.0 Å². The summed E-state index contributed by atoms with van der Waals surface area (Å²) < 4.78 is 0. The standard InChI is InChI=1S/C18H26N4S.HI/c1-14(2)10-11-20-18(19)21-12-16-13-23-17(22-16)9-8-15-6-4-3-5-7-15;/h3-7,13-14H,8-12H2,1-2H3,(H3,19,20,21);1H. The molecule has 0 aliphatic heterocycles. The van der Waals surface area contributed by atoms with Crippen LogP contribution < -0.4 is 11.1 Å². The molecule has 24 heavy (non-hydrogen) atoms. The quantitative estimate of drug-likeness (QED) is 0.357. The fraction of sp³-hybridized carbons (Fsp3) is 0.444. The first-order valence-corrected chi connectivity index (χ1v) is 9.02. The number of benzene rings is 1. The highest BCUT2D eigenvalue weighted by Gasteiger charge is 2.03. The van der Waals surface area contributed by atoms with Crippen LogP contribution in [-0.2, 0) is 19.4 Å². The summed E-state index contributed by atoms with van der Waals surface area (Å²) in [7, 11) is 0. The van der Waals surface area contributed by atoms with Gasteiger partial charge in [0.15, 0.2) is 5.96 Å². The van der Waals surface area contributed by atoms with Gasteiger partial charge in [0, 0.05) is 18.3 Å². The van der Waals surface area contributed by atoms with Gasteiger partial charge in [0.05, 0.1) is 17.2 Å². The summed E-state index contributed by atoms with van der Waals surface area (Å²) in [5, 5.41) is 6.37. The van der Waals surface area contributed by atoms with Crippen LogP contribution in [-0.4, -0.2) is 17.5 Å². The first kappa shape index (κ1) is 20.9. The number of nitrogens with zero attached hydrogens (tertiary/aromatic N) is 2. The van der Waals surface area contributed by atoms with Gasteiger partial charge in [0.1, 0.15) is 0 Å². The van der Waals surface area contributed by atoms with E-state index in [0.29, 0.717) is 18.4 Å². The Morgan fingerprint density at radius 3 is 2.71 bits per heavy atom. The Morgan fingerprint density at radius 1 is 1.25 bits per heavy atom. The van der Waals surface area contributed by atoms with Gasteiger partial charge < -0.3 is 11.1 Å². The lowest BCUT2D eigenvalue weighted by Crippen LogP contribution is -2.32. The number of guanidine groups is 1. The predicted octanol–water partition coefficient (Wildman–Crippen LogP) is 4.00. The smallest absolute Gasteiger partial charge is 0.188 e. The highest BCUT2D eigenvalue weighted by atomic mass is 127. The first-order valence-electron chi connectivity index (χ1n) is 8.14. The molecule has 0 atom stereocenters. The number of thiazole rings is 1. The molecule has 1 heterocycles. The molecule has 132 valence electrons. The second kappa shape index (κ2) is 11.4. The SMILES string of the molecule is CC(C)CCNC(N)=NCc1csc(CCc2ccccc2)n1.I. The van der Waals surface area contributed by atoms with Gasteiger partial charge in [-0.3, -0.25) is 0 Å². The molecular weight excluding hydrogens is 431 g/mol. The molecule has 1 aromatic heterocycles. The van der Waals surface area contributed by atoms with E-state index in [9.17, 15) is 0 Å². The third-order valence-corrected chi connectivity index (χ3v) is 4.47. The molecule has 6 heteroatoms. The van der Waals surface area contributed by atoms with Crippen LogP contribution in [0.3, 0.4) is 0 Å². The van der Waals surface area contributed by atoms with Crippen molar-refractivity contribution in [3.05, 3.63) is 52.0 Å². The molecule has 2 rings (SSSR count). The van der Waals surface area contributed by atoms with E-state index < -0.39 is 0 Å². The van der Waals surface area contributed by atoms with Crippen LogP contribution in [0.2, 0.25) is 0 Å². The largest absolute Gasteiger partial charge is 0.370 e. The average Bonchev–Trinajstić information content (AvgIpc) is 2.99. The lowest BCUT2D eigenvalue weighted by Gasteiger charge is -2.06. The molecule has 0 radical (unpaired) electrons. The molecule has 0 fully saturated rings. The van der Waals surface area contributed by atoms with Crippen LogP contribution in [0.15, 0.2) is 40.7 Å². The number of rotatable bonds is 8. The molecule has 0 aliphatic rings. The maximum absolute atomic E-state index is 5.86. The molecule has 0 unspecified atom stereocenters. The van der Waals surface area contributed by atoms with Crippen molar-refractivity contribution >= 4 is 41.3 Å². The summed E-state index contributed by atoms with van der Waals surface area (Å²) in [6.45, 7) is 5.80. The summed E-state index contributed by atoms with van der Waals surface area (Å²) in [5.74, 6) is 1.17. The normalized spacial score (nSPS) is 11.4. The van der Waals surface area contributed by atoms with Crippen LogP contribution in [0.5, 0.6) is 0 Å². The Bertz CT molecular complexity index is 610. The van der Waals surface area contributed by atoms with Crippen LogP contribution in [0.1, 0.15) is 36.5 Å². The molecule has 0 saturated heterocycles. The summed E-state index contributed by atoms with van der Waals surface area (Å²) >= 11 is 1.70. The fourth-order valence-corrected chi connectivity index (χ4v) is 2.93. The number of nitrogens with two attached hydrogens (primary N) is 1. The number of hydrogen-bond acceptors (Lipinski definition) is 3. The Balaban J connectivity index is 0.00000288. The number of aromatic nitrogens is 1. The number of aliphatic imine (C=N–C) groups is 1. The van der Waals surface area contributed by atoms with E-state index in [1.54, 1.807) is 11.3 Å². The van der Waals surface area contributed by atoms with Gasteiger partial charge in [-0.1, -0.05) is 44.2 Å². The third kappa shape index (κ3) is 8.10. The maximum Gasteiger partial charge on any atom is 0.188 e. The van der Waals surface area contributed by atoms with Crippen molar-refractivity contribution in [2.75, 3.05) is 6.54 Å². The Morgan fingerprint density at radius 2 is 2.00 bits per heavy atom. The van der Waals surface area contributed by atoms with Crippen LogP contribution in [0.4, 0.5) is 0 Å². The molecule has 4 nitrogen and oxygen atoms in total. The van der Waals surface area contributed by atoms with E-state index >= 15 is 0 Å². The van der Waals surface area contributed by atoms with Crippen molar-refractivity contribution in [2.45, 2.75) is 39.7 Å². The molecule has 1 aromatic carbocycles. The fourth-order valence-electron chi connectivity index (χ4n) is 2.14. The van der Waals surface area contributed by atoms with Crippen molar-refractivity contribution in [2.24, 2.45) is 16.6 Å². The molecule has 2 aromatic rings. The van der Waals surface area contributed by atoms with E-state index in [1.165, 1.54) is 5.56 Å². The minimum atomic E-state index is 0.